The normalized spacial score (nSPS) is 11.8. The molecule has 0 aliphatic heterocycles. The summed E-state index contributed by atoms with van der Waals surface area (Å²) in [5.74, 6) is 1.95. The first kappa shape index (κ1) is 29.9. The summed E-state index contributed by atoms with van der Waals surface area (Å²) in [4.78, 5) is 15.2. The predicted octanol–water partition coefficient (Wildman–Crippen LogP) is 13.5. The number of fused-ring (bicyclic) bond motifs is 11. The van der Waals surface area contributed by atoms with Crippen molar-refractivity contribution in [2.75, 3.05) is 0 Å². The maximum Gasteiger partial charge on any atom is 0.164 e. The quantitative estimate of drug-likeness (QED) is 0.172. The first-order chi connectivity index (χ1) is 26.2. The molecule has 2 aromatic heterocycles. The molecule has 11 rings (SSSR count). The van der Waals surface area contributed by atoms with Crippen LogP contribution in [0.5, 0.6) is 0 Å². The largest absolute Gasteiger partial charge is 0.208 e. The average Bonchev–Trinajstić information content (AvgIpc) is 3.62. The Morgan fingerprint density at radius 2 is 0.774 bits per heavy atom. The van der Waals surface area contributed by atoms with Crippen LogP contribution in [0.2, 0.25) is 0 Å². The van der Waals surface area contributed by atoms with Gasteiger partial charge in [-0.25, -0.2) is 15.0 Å². The molecule has 0 bridgehead atoms. The van der Waals surface area contributed by atoms with Crippen LogP contribution >= 0.6 is 11.3 Å². The molecule has 11 aromatic rings. The molecular formula is C49H29N3S. The van der Waals surface area contributed by atoms with Crippen molar-refractivity contribution < 1.29 is 0 Å². The zero-order chi connectivity index (χ0) is 34.9. The molecule has 0 saturated carbocycles. The lowest BCUT2D eigenvalue weighted by molar-refractivity contribution is 1.07. The van der Waals surface area contributed by atoms with E-state index in [1.165, 1.54) is 68.8 Å². The number of rotatable bonds is 4. The minimum Gasteiger partial charge on any atom is -0.208 e. The van der Waals surface area contributed by atoms with E-state index in [1.807, 2.05) is 35.6 Å². The number of nitrogens with zero attached hydrogens (tertiary/aromatic N) is 3. The van der Waals surface area contributed by atoms with Gasteiger partial charge in [-0.3, -0.25) is 0 Å². The highest BCUT2D eigenvalue weighted by Crippen LogP contribution is 2.44. The summed E-state index contributed by atoms with van der Waals surface area (Å²) in [6, 6.07) is 62.7. The standard InChI is InChI=1S/C49H29N3S/c1-3-11-30(12-4-1)31-19-21-34(22-20-31)48-50-47(33-14-5-2-6-15-33)51-49(52-48)35-23-25-39-40(27-35)37-17-9-10-18-38(37)41-28-43-45(29-42(39)41)53-44-26-24-32-13-7-8-16-36(32)46(43)44/h1-29H. The molecule has 2 heterocycles. The lowest BCUT2D eigenvalue weighted by Crippen LogP contribution is -2.00. The lowest BCUT2D eigenvalue weighted by Gasteiger charge is -2.13. The van der Waals surface area contributed by atoms with Crippen LogP contribution in [0.15, 0.2) is 176 Å². The van der Waals surface area contributed by atoms with Crippen molar-refractivity contribution in [1.29, 1.82) is 0 Å². The van der Waals surface area contributed by atoms with Gasteiger partial charge in [0.15, 0.2) is 17.5 Å². The monoisotopic (exact) mass is 691 g/mol. The Bertz CT molecular complexity index is 3200. The first-order valence-electron chi connectivity index (χ1n) is 17.9. The van der Waals surface area contributed by atoms with Crippen LogP contribution in [0.4, 0.5) is 0 Å². The van der Waals surface area contributed by atoms with Crippen LogP contribution < -0.4 is 0 Å². The van der Waals surface area contributed by atoms with E-state index >= 15 is 0 Å². The van der Waals surface area contributed by atoms with Crippen LogP contribution in [0, 0.1) is 0 Å². The number of thiophene rings is 1. The maximum atomic E-state index is 5.12. The molecule has 0 aliphatic rings. The second kappa shape index (κ2) is 11.9. The Labute approximate surface area is 309 Å². The summed E-state index contributed by atoms with van der Waals surface area (Å²) >= 11 is 1.88. The Balaban J connectivity index is 1.12. The highest BCUT2D eigenvalue weighted by molar-refractivity contribution is 7.26. The molecule has 3 nitrogen and oxygen atoms in total. The molecule has 4 heteroatoms. The third kappa shape index (κ3) is 4.91. The van der Waals surface area contributed by atoms with Gasteiger partial charge in [0.05, 0.1) is 0 Å². The second-order valence-corrected chi connectivity index (χ2v) is 14.7. The van der Waals surface area contributed by atoms with Gasteiger partial charge in [0.1, 0.15) is 0 Å². The lowest BCUT2D eigenvalue weighted by atomic mass is 9.92. The van der Waals surface area contributed by atoms with Gasteiger partial charge in [0.25, 0.3) is 0 Å². The van der Waals surface area contributed by atoms with Crippen LogP contribution in [-0.2, 0) is 0 Å². The molecule has 0 fully saturated rings. The smallest absolute Gasteiger partial charge is 0.164 e. The van der Waals surface area contributed by atoms with Crippen molar-refractivity contribution in [2.45, 2.75) is 0 Å². The number of aromatic nitrogens is 3. The van der Waals surface area contributed by atoms with Crippen LogP contribution in [0.25, 0.3) is 109 Å². The minimum atomic E-state index is 0.650. The predicted molar refractivity (Wildman–Crippen MR) is 224 cm³/mol. The molecule has 0 atom stereocenters. The molecule has 0 unspecified atom stereocenters. The zero-order valence-corrected chi connectivity index (χ0v) is 29.3. The molecule has 9 aromatic carbocycles. The topological polar surface area (TPSA) is 38.7 Å². The summed E-state index contributed by atoms with van der Waals surface area (Å²) in [6.07, 6.45) is 0. The van der Waals surface area contributed by atoms with E-state index in [2.05, 4.69) is 152 Å². The number of benzene rings is 9. The second-order valence-electron chi connectivity index (χ2n) is 13.6. The first-order valence-corrected chi connectivity index (χ1v) is 18.7. The van der Waals surface area contributed by atoms with E-state index in [0.29, 0.717) is 17.5 Å². The minimum absolute atomic E-state index is 0.650. The van der Waals surface area contributed by atoms with Crippen molar-refractivity contribution in [3.8, 4) is 45.3 Å². The molecule has 0 aliphatic carbocycles. The van der Waals surface area contributed by atoms with E-state index in [9.17, 15) is 0 Å². The Morgan fingerprint density at radius 1 is 0.283 bits per heavy atom. The van der Waals surface area contributed by atoms with Crippen molar-refractivity contribution in [3.05, 3.63) is 176 Å². The Kier molecular flexibility index (Phi) is 6.73. The fourth-order valence-corrected chi connectivity index (χ4v) is 9.07. The molecule has 0 amide bonds. The Morgan fingerprint density at radius 3 is 1.49 bits per heavy atom. The van der Waals surface area contributed by atoms with Gasteiger partial charge in [-0.05, 0) is 78.5 Å². The Hall–Kier alpha value is -6.75. The van der Waals surface area contributed by atoms with E-state index in [1.54, 1.807) is 0 Å². The summed E-state index contributed by atoms with van der Waals surface area (Å²) in [7, 11) is 0. The van der Waals surface area contributed by atoms with Crippen molar-refractivity contribution in [2.24, 2.45) is 0 Å². The SMILES string of the molecule is c1ccc(-c2ccc(-c3nc(-c4ccccc4)nc(-c4ccc5c(c4)c4ccccc4c4cc6c(cc54)sc4ccc5ccccc5c46)n3)cc2)cc1. The van der Waals surface area contributed by atoms with E-state index in [0.717, 1.165) is 22.3 Å². The maximum absolute atomic E-state index is 5.12. The van der Waals surface area contributed by atoms with Crippen molar-refractivity contribution in [3.63, 3.8) is 0 Å². The third-order valence-electron chi connectivity index (χ3n) is 10.5. The zero-order valence-electron chi connectivity index (χ0n) is 28.5. The van der Waals surface area contributed by atoms with E-state index in [-0.39, 0.29) is 0 Å². The summed E-state index contributed by atoms with van der Waals surface area (Å²) in [6.45, 7) is 0. The van der Waals surface area contributed by atoms with Gasteiger partial charge in [-0.2, -0.15) is 0 Å². The van der Waals surface area contributed by atoms with Crippen molar-refractivity contribution in [1.82, 2.24) is 15.0 Å². The van der Waals surface area contributed by atoms with E-state index in [4.69, 9.17) is 15.0 Å². The number of hydrogen-bond donors (Lipinski definition) is 0. The van der Waals surface area contributed by atoms with Gasteiger partial charge in [0, 0.05) is 36.9 Å². The molecule has 0 spiro atoms. The highest BCUT2D eigenvalue weighted by Gasteiger charge is 2.17. The van der Waals surface area contributed by atoms with Crippen LogP contribution in [0.3, 0.4) is 0 Å². The van der Waals surface area contributed by atoms with Gasteiger partial charge in [-0.1, -0.05) is 152 Å². The fourth-order valence-electron chi connectivity index (χ4n) is 7.92. The van der Waals surface area contributed by atoms with Gasteiger partial charge in [-0.15, -0.1) is 11.3 Å². The molecule has 0 N–H and O–H groups in total. The highest BCUT2D eigenvalue weighted by atomic mass is 32.1. The van der Waals surface area contributed by atoms with Crippen LogP contribution in [-0.4, -0.2) is 15.0 Å². The van der Waals surface area contributed by atoms with Gasteiger partial charge < -0.3 is 0 Å². The summed E-state index contributed by atoms with van der Waals surface area (Å²) in [5, 5.41) is 12.6. The third-order valence-corrected chi connectivity index (χ3v) is 11.6. The summed E-state index contributed by atoms with van der Waals surface area (Å²) < 4.78 is 2.62. The van der Waals surface area contributed by atoms with Gasteiger partial charge in [0.2, 0.25) is 0 Å². The van der Waals surface area contributed by atoms with Gasteiger partial charge >= 0.3 is 0 Å². The van der Waals surface area contributed by atoms with Crippen molar-refractivity contribution >= 4 is 74.6 Å². The van der Waals surface area contributed by atoms with E-state index < -0.39 is 0 Å². The molecule has 53 heavy (non-hydrogen) atoms. The molecule has 0 radical (unpaired) electrons. The van der Waals surface area contributed by atoms with Crippen LogP contribution in [0.1, 0.15) is 0 Å². The molecule has 0 saturated heterocycles. The molecule has 246 valence electrons. The molecular weight excluding hydrogens is 663 g/mol. The fraction of sp³-hybridized carbons (Fsp3) is 0. The summed E-state index contributed by atoms with van der Waals surface area (Å²) in [5.41, 5.74) is 5.19. The number of hydrogen-bond acceptors (Lipinski definition) is 4. The average molecular weight is 692 g/mol.